The van der Waals surface area contributed by atoms with Crippen LogP contribution < -0.4 is 5.32 Å². The van der Waals surface area contributed by atoms with Gasteiger partial charge in [0.1, 0.15) is 6.54 Å². The minimum Gasteiger partial charge on any atom is -0.324 e. The van der Waals surface area contributed by atoms with E-state index < -0.39 is 0 Å². The average Bonchev–Trinajstić information content (AvgIpc) is 3.18. The van der Waals surface area contributed by atoms with E-state index in [1.165, 1.54) is 21.9 Å². The van der Waals surface area contributed by atoms with Crippen LogP contribution in [-0.2, 0) is 17.9 Å². The van der Waals surface area contributed by atoms with E-state index in [1.807, 2.05) is 60.3 Å². The van der Waals surface area contributed by atoms with Gasteiger partial charge >= 0.3 is 0 Å². The lowest BCUT2D eigenvalue weighted by molar-refractivity contribution is -0.117. The number of tetrazole rings is 1. The summed E-state index contributed by atoms with van der Waals surface area (Å²) in [6, 6.07) is 17.6. The molecule has 8 heteroatoms. The molecule has 1 aliphatic heterocycles. The van der Waals surface area contributed by atoms with Gasteiger partial charge in [0.05, 0.1) is 0 Å². The van der Waals surface area contributed by atoms with Gasteiger partial charge < -0.3 is 5.32 Å². The van der Waals surface area contributed by atoms with Crippen LogP contribution in [0, 0.1) is 0 Å². The predicted octanol–water partition coefficient (Wildman–Crippen LogP) is 2.53. The van der Waals surface area contributed by atoms with Crippen molar-refractivity contribution in [2.45, 2.75) is 13.1 Å². The number of carbonyl (C=O) groups is 1. The fourth-order valence-electron chi connectivity index (χ4n) is 3.11. The molecule has 0 atom stereocenters. The number of nitrogens with one attached hydrogen (secondary N) is 1. The minimum absolute atomic E-state index is 0.0212. The third-order valence-electron chi connectivity index (χ3n) is 4.49. The molecular formula is C20H22N6OS. The molecule has 3 aromatic rings. The minimum atomic E-state index is -0.177. The summed E-state index contributed by atoms with van der Waals surface area (Å²) in [6.45, 7) is 3.16. The van der Waals surface area contributed by atoms with E-state index in [2.05, 4.69) is 31.7 Å². The molecular weight excluding hydrogens is 372 g/mol. The van der Waals surface area contributed by atoms with Crippen LogP contribution in [0.5, 0.6) is 0 Å². The van der Waals surface area contributed by atoms with E-state index in [9.17, 15) is 4.79 Å². The molecule has 0 spiro atoms. The number of rotatable bonds is 6. The molecule has 1 aliphatic rings. The maximum Gasteiger partial charge on any atom is 0.248 e. The standard InChI is InChI=1S/C20H22N6OS/c27-19(15-26-23-20(22-24-26)17-6-2-1-3-7-17)21-18-8-4-5-16(13-18)14-25-9-11-28-12-10-25/h1-8,13H,9-12,14-15H2,(H,21,27). The summed E-state index contributed by atoms with van der Waals surface area (Å²) < 4.78 is 0. The van der Waals surface area contributed by atoms with Gasteiger partial charge in [0.15, 0.2) is 0 Å². The van der Waals surface area contributed by atoms with Crippen molar-refractivity contribution in [1.29, 1.82) is 0 Å². The van der Waals surface area contributed by atoms with E-state index in [-0.39, 0.29) is 12.5 Å². The number of hydrogen-bond acceptors (Lipinski definition) is 6. The van der Waals surface area contributed by atoms with E-state index >= 15 is 0 Å². The zero-order chi connectivity index (χ0) is 19.2. The van der Waals surface area contributed by atoms with Crippen molar-refractivity contribution in [3.63, 3.8) is 0 Å². The fourth-order valence-corrected chi connectivity index (χ4v) is 4.09. The molecule has 2 aromatic carbocycles. The zero-order valence-corrected chi connectivity index (χ0v) is 16.3. The Morgan fingerprint density at radius 1 is 1.07 bits per heavy atom. The topological polar surface area (TPSA) is 75.9 Å². The lowest BCUT2D eigenvalue weighted by Gasteiger charge is -2.26. The molecule has 7 nitrogen and oxygen atoms in total. The van der Waals surface area contributed by atoms with Crippen molar-refractivity contribution in [2.75, 3.05) is 29.9 Å². The molecule has 0 saturated carbocycles. The van der Waals surface area contributed by atoms with Crippen molar-refractivity contribution in [2.24, 2.45) is 0 Å². The van der Waals surface area contributed by atoms with Crippen molar-refractivity contribution < 1.29 is 4.79 Å². The van der Waals surface area contributed by atoms with Crippen LogP contribution in [0.25, 0.3) is 11.4 Å². The van der Waals surface area contributed by atoms with Gasteiger partial charge in [-0.3, -0.25) is 9.69 Å². The number of hydrogen-bond donors (Lipinski definition) is 1. The highest BCUT2D eigenvalue weighted by atomic mass is 32.2. The first-order chi connectivity index (χ1) is 13.8. The Morgan fingerprint density at radius 3 is 2.71 bits per heavy atom. The second-order valence-electron chi connectivity index (χ2n) is 6.65. The summed E-state index contributed by atoms with van der Waals surface area (Å²) in [7, 11) is 0. The van der Waals surface area contributed by atoms with E-state index in [0.29, 0.717) is 5.82 Å². The summed E-state index contributed by atoms with van der Waals surface area (Å²) in [5, 5.41) is 15.2. The van der Waals surface area contributed by atoms with Gasteiger partial charge in [0, 0.05) is 42.4 Å². The summed E-state index contributed by atoms with van der Waals surface area (Å²) >= 11 is 2.00. The highest BCUT2D eigenvalue weighted by Crippen LogP contribution is 2.16. The molecule has 1 saturated heterocycles. The molecule has 0 aliphatic carbocycles. The normalized spacial score (nSPS) is 14.7. The number of anilines is 1. The Labute approximate surface area is 168 Å². The predicted molar refractivity (Wildman–Crippen MR) is 111 cm³/mol. The van der Waals surface area contributed by atoms with Crippen LogP contribution in [-0.4, -0.2) is 55.6 Å². The largest absolute Gasteiger partial charge is 0.324 e. The van der Waals surface area contributed by atoms with Crippen LogP contribution in [0.15, 0.2) is 54.6 Å². The SMILES string of the molecule is O=C(Cn1nnc(-c2ccccc2)n1)Nc1cccc(CN2CCSCC2)c1. The first kappa shape index (κ1) is 18.6. The van der Waals surface area contributed by atoms with Crippen molar-refractivity contribution in [3.05, 3.63) is 60.2 Å². The molecule has 0 unspecified atom stereocenters. The molecule has 144 valence electrons. The Bertz CT molecular complexity index is 923. The Kier molecular flexibility index (Phi) is 5.98. The molecule has 0 bridgehead atoms. The quantitative estimate of drug-likeness (QED) is 0.692. The first-order valence-corrected chi connectivity index (χ1v) is 10.4. The molecule has 1 fully saturated rings. The molecule has 0 radical (unpaired) electrons. The van der Waals surface area contributed by atoms with E-state index in [0.717, 1.165) is 30.9 Å². The summed E-state index contributed by atoms with van der Waals surface area (Å²) in [5.74, 6) is 2.71. The molecule has 1 aromatic heterocycles. The first-order valence-electron chi connectivity index (χ1n) is 9.28. The van der Waals surface area contributed by atoms with Crippen LogP contribution in [0.1, 0.15) is 5.56 Å². The number of amides is 1. The Balaban J connectivity index is 1.35. The van der Waals surface area contributed by atoms with Crippen LogP contribution in [0.4, 0.5) is 5.69 Å². The zero-order valence-electron chi connectivity index (χ0n) is 15.5. The van der Waals surface area contributed by atoms with E-state index in [1.54, 1.807) is 0 Å². The van der Waals surface area contributed by atoms with Gasteiger partial charge in [0.25, 0.3) is 0 Å². The van der Waals surface area contributed by atoms with Crippen LogP contribution >= 0.6 is 11.8 Å². The average molecular weight is 395 g/mol. The third kappa shape index (κ3) is 4.96. The van der Waals surface area contributed by atoms with Crippen LogP contribution in [0.2, 0.25) is 0 Å². The lowest BCUT2D eigenvalue weighted by Crippen LogP contribution is -2.31. The Morgan fingerprint density at radius 2 is 1.89 bits per heavy atom. The monoisotopic (exact) mass is 394 g/mol. The third-order valence-corrected chi connectivity index (χ3v) is 5.43. The molecule has 1 N–H and O–H groups in total. The second-order valence-corrected chi connectivity index (χ2v) is 7.87. The van der Waals surface area contributed by atoms with Gasteiger partial charge in [-0.15, -0.1) is 10.2 Å². The maximum atomic E-state index is 12.4. The molecule has 2 heterocycles. The van der Waals surface area contributed by atoms with Gasteiger partial charge in [-0.05, 0) is 22.9 Å². The van der Waals surface area contributed by atoms with Gasteiger partial charge in [-0.2, -0.15) is 16.6 Å². The Hall–Kier alpha value is -2.71. The number of carbonyl (C=O) groups excluding carboxylic acids is 1. The van der Waals surface area contributed by atoms with E-state index in [4.69, 9.17) is 0 Å². The fraction of sp³-hybridized carbons (Fsp3) is 0.300. The van der Waals surface area contributed by atoms with Crippen molar-refractivity contribution in [1.82, 2.24) is 25.1 Å². The molecule has 1 amide bonds. The second kappa shape index (κ2) is 8.99. The number of nitrogens with zero attached hydrogens (tertiary/aromatic N) is 5. The van der Waals surface area contributed by atoms with Gasteiger partial charge in [0.2, 0.25) is 11.7 Å². The summed E-state index contributed by atoms with van der Waals surface area (Å²) in [5.41, 5.74) is 2.87. The maximum absolute atomic E-state index is 12.4. The van der Waals surface area contributed by atoms with Gasteiger partial charge in [-0.1, -0.05) is 42.5 Å². The smallest absolute Gasteiger partial charge is 0.248 e. The lowest BCUT2D eigenvalue weighted by atomic mass is 10.2. The highest BCUT2D eigenvalue weighted by molar-refractivity contribution is 7.99. The molecule has 28 heavy (non-hydrogen) atoms. The number of aromatic nitrogens is 4. The van der Waals surface area contributed by atoms with Gasteiger partial charge in [-0.25, -0.2) is 0 Å². The van der Waals surface area contributed by atoms with Crippen molar-refractivity contribution >= 4 is 23.4 Å². The van der Waals surface area contributed by atoms with Crippen molar-refractivity contribution in [3.8, 4) is 11.4 Å². The summed E-state index contributed by atoms with van der Waals surface area (Å²) in [6.07, 6.45) is 0. The number of thioether (sulfide) groups is 1. The highest BCUT2D eigenvalue weighted by Gasteiger charge is 2.12. The molecule has 4 rings (SSSR count). The summed E-state index contributed by atoms with van der Waals surface area (Å²) in [4.78, 5) is 16.1. The number of benzene rings is 2. The van der Waals surface area contributed by atoms with Crippen LogP contribution in [0.3, 0.4) is 0 Å².